The van der Waals surface area contributed by atoms with Crippen molar-refractivity contribution in [1.29, 1.82) is 0 Å². The number of hydrogen-bond acceptors (Lipinski definition) is 3. The summed E-state index contributed by atoms with van der Waals surface area (Å²) < 4.78 is 0. The molecule has 0 saturated heterocycles. The van der Waals surface area contributed by atoms with Gasteiger partial charge in [0, 0.05) is 16.7 Å². The summed E-state index contributed by atoms with van der Waals surface area (Å²) in [5.41, 5.74) is 17.5. The molecule has 1 aromatic heterocycles. The molecule has 6 aliphatic rings. The maximum Gasteiger partial charge on any atom is 0.164 e. The Balaban J connectivity index is 1.13. The monoisotopic (exact) mass is 665 g/mol. The number of aromatic nitrogens is 3. The Hall–Kier alpha value is -5.67. The van der Waals surface area contributed by atoms with Crippen molar-refractivity contribution in [3.05, 3.63) is 173 Å². The fraction of sp³-hybridized carbons (Fsp3) is 0.204. The van der Waals surface area contributed by atoms with E-state index < -0.39 is 5.41 Å². The standard InChI is InChI=1S/C49H35N3/c1-3-12-28(13-4-1)45-50-46(29-14-5-2-6-15-29)52-47(51-45)35-18-11-21-41-44(35)38-25-36-30-22-31-23-32-24-42(48(31,32)27-30)37(36)26-43(38)49(41)39-19-9-7-16-33(39)34-17-8-10-20-40(34)49/h1-21,25-26,30-32,42H,22-24,27H2. The van der Waals surface area contributed by atoms with E-state index in [-0.39, 0.29) is 0 Å². The van der Waals surface area contributed by atoms with Gasteiger partial charge in [-0.05, 0) is 110 Å². The Morgan fingerprint density at radius 1 is 0.442 bits per heavy atom. The Labute approximate surface area is 303 Å². The number of rotatable bonds is 3. The van der Waals surface area contributed by atoms with Gasteiger partial charge in [0.1, 0.15) is 0 Å². The minimum Gasteiger partial charge on any atom is -0.208 e. The van der Waals surface area contributed by atoms with Gasteiger partial charge in [0.2, 0.25) is 0 Å². The van der Waals surface area contributed by atoms with Gasteiger partial charge < -0.3 is 0 Å². The first-order valence-electron chi connectivity index (χ1n) is 19.1. The molecule has 0 amide bonds. The van der Waals surface area contributed by atoms with Crippen molar-refractivity contribution in [2.24, 2.45) is 17.3 Å². The third kappa shape index (κ3) is 3.20. The third-order valence-corrected chi connectivity index (χ3v) is 14.5. The molecule has 5 atom stereocenters. The van der Waals surface area contributed by atoms with Crippen molar-refractivity contribution in [1.82, 2.24) is 15.0 Å². The van der Waals surface area contributed by atoms with Crippen molar-refractivity contribution in [2.45, 2.75) is 42.9 Å². The van der Waals surface area contributed by atoms with Crippen LogP contribution in [0.5, 0.6) is 0 Å². The molecular weight excluding hydrogens is 631 g/mol. The van der Waals surface area contributed by atoms with E-state index in [0.717, 1.165) is 34.4 Å². The lowest BCUT2D eigenvalue weighted by molar-refractivity contribution is -0.146. The second kappa shape index (κ2) is 9.60. The van der Waals surface area contributed by atoms with E-state index in [9.17, 15) is 0 Å². The average molecular weight is 666 g/mol. The average Bonchev–Trinajstić information content (AvgIpc) is 3.83. The zero-order valence-electron chi connectivity index (χ0n) is 28.8. The third-order valence-electron chi connectivity index (χ3n) is 14.5. The van der Waals surface area contributed by atoms with Gasteiger partial charge in [-0.3, -0.25) is 0 Å². The van der Waals surface area contributed by atoms with Gasteiger partial charge in [-0.2, -0.15) is 0 Å². The van der Waals surface area contributed by atoms with Crippen molar-refractivity contribution in [3.8, 4) is 56.4 Å². The molecule has 5 unspecified atom stereocenters. The van der Waals surface area contributed by atoms with Gasteiger partial charge in [0.25, 0.3) is 0 Å². The highest BCUT2D eigenvalue weighted by molar-refractivity contribution is 5.99. The summed E-state index contributed by atoms with van der Waals surface area (Å²) in [4.78, 5) is 15.7. The lowest BCUT2D eigenvalue weighted by Crippen LogP contribution is -2.59. The van der Waals surface area contributed by atoms with Crippen molar-refractivity contribution < 1.29 is 0 Å². The predicted octanol–water partition coefficient (Wildman–Crippen LogP) is 11.2. The summed E-state index contributed by atoms with van der Waals surface area (Å²) in [7, 11) is 0. The zero-order chi connectivity index (χ0) is 33.8. The topological polar surface area (TPSA) is 38.7 Å². The first-order valence-corrected chi connectivity index (χ1v) is 19.1. The molecular formula is C49H35N3. The maximum atomic E-state index is 5.30. The number of hydrogen-bond donors (Lipinski definition) is 0. The molecule has 2 bridgehead atoms. The van der Waals surface area contributed by atoms with Crippen molar-refractivity contribution >= 4 is 0 Å². The molecule has 6 aliphatic carbocycles. The summed E-state index contributed by atoms with van der Waals surface area (Å²) in [6.07, 6.45) is 5.62. The van der Waals surface area contributed by atoms with E-state index >= 15 is 0 Å². The number of fused-ring (bicyclic) bond motifs is 14. The molecule has 6 aromatic carbocycles. The highest BCUT2D eigenvalue weighted by Crippen LogP contribution is 2.82. The van der Waals surface area contributed by atoms with Crippen LogP contribution in [-0.4, -0.2) is 15.0 Å². The Morgan fingerprint density at radius 2 is 1.02 bits per heavy atom. The molecule has 2 spiro atoms. The van der Waals surface area contributed by atoms with Crippen molar-refractivity contribution in [2.75, 3.05) is 0 Å². The van der Waals surface area contributed by atoms with Gasteiger partial charge in [-0.15, -0.1) is 0 Å². The minimum absolute atomic E-state index is 0.406. The van der Waals surface area contributed by atoms with Gasteiger partial charge in [-0.1, -0.05) is 140 Å². The molecule has 0 aliphatic heterocycles. The number of benzene rings is 6. The van der Waals surface area contributed by atoms with Crippen LogP contribution >= 0.6 is 0 Å². The first-order chi connectivity index (χ1) is 25.7. The van der Waals surface area contributed by atoms with Crippen LogP contribution in [0.25, 0.3) is 56.4 Å². The van der Waals surface area contributed by atoms with Crippen LogP contribution in [-0.2, 0) is 5.41 Å². The molecule has 3 nitrogen and oxygen atoms in total. The summed E-state index contributed by atoms with van der Waals surface area (Å²) in [6, 6.07) is 51.4. The quantitative estimate of drug-likeness (QED) is 0.189. The SMILES string of the molecule is c1ccc(-c2nc(-c3ccccc3)nc(-c3cccc4c3-c3cc5c(cc3C43c4ccccc4-c4ccccc43)C3CC4CC6CC5CC643)n2)cc1. The zero-order valence-corrected chi connectivity index (χ0v) is 28.8. The highest BCUT2D eigenvalue weighted by Gasteiger charge is 2.72. The Morgan fingerprint density at radius 3 is 1.69 bits per heavy atom. The van der Waals surface area contributed by atoms with Gasteiger partial charge in [0.05, 0.1) is 5.41 Å². The van der Waals surface area contributed by atoms with Crippen molar-refractivity contribution in [3.63, 3.8) is 0 Å². The predicted molar refractivity (Wildman–Crippen MR) is 206 cm³/mol. The van der Waals surface area contributed by atoms with Crippen LogP contribution in [0.4, 0.5) is 0 Å². The van der Waals surface area contributed by atoms with E-state index in [4.69, 9.17) is 15.0 Å². The molecule has 0 radical (unpaired) electrons. The summed E-state index contributed by atoms with van der Waals surface area (Å²) in [5, 5.41) is 0. The molecule has 13 rings (SSSR count). The lowest BCUT2D eigenvalue weighted by atomic mass is 9.36. The van der Waals surface area contributed by atoms with Crippen LogP contribution in [0.1, 0.15) is 70.9 Å². The summed E-state index contributed by atoms with van der Waals surface area (Å²) in [5.74, 6) is 5.39. The minimum atomic E-state index is -0.406. The van der Waals surface area contributed by atoms with Gasteiger partial charge in [0.15, 0.2) is 17.5 Å². The summed E-state index contributed by atoms with van der Waals surface area (Å²) in [6.45, 7) is 0. The van der Waals surface area contributed by atoms with E-state index in [1.807, 2.05) is 12.1 Å². The molecule has 3 heteroatoms. The van der Waals surface area contributed by atoms with E-state index in [1.54, 1.807) is 11.1 Å². The molecule has 1 heterocycles. The van der Waals surface area contributed by atoms with E-state index in [2.05, 4.69) is 127 Å². The van der Waals surface area contributed by atoms with Gasteiger partial charge in [-0.25, -0.2) is 15.0 Å². The fourth-order valence-electron chi connectivity index (χ4n) is 12.5. The Bertz CT molecular complexity index is 2580. The van der Waals surface area contributed by atoms with Gasteiger partial charge >= 0.3 is 0 Å². The van der Waals surface area contributed by atoms with Crippen LogP contribution < -0.4 is 0 Å². The molecule has 0 N–H and O–H groups in total. The van der Waals surface area contributed by atoms with E-state index in [1.165, 1.54) is 70.2 Å². The highest BCUT2D eigenvalue weighted by atomic mass is 15.0. The molecule has 52 heavy (non-hydrogen) atoms. The first kappa shape index (κ1) is 28.0. The molecule has 246 valence electrons. The number of nitrogens with zero attached hydrogens (tertiary/aromatic N) is 3. The second-order valence-electron chi connectivity index (χ2n) is 16.3. The fourth-order valence-corrected chi connectivity index (χ4v) is 12.5. The molecule has 7 aromatic rings. The second-order valence-corrected chi connectivity index (χ2v) is 16.3. The smallest absolute Gasteiger partial charge is 0.164 e. The summed E-state index contributed by atoms with van der Waals surface area (Å²) >= 11 is 0. The van der Waals surface area contributed by atoms with Crippen LogP contribution in [0.15, 0.2) is 140 Å². The Kier molecular flexibility index (Phi) is 5.17. The lowest BCUT2D eigenvalue weighted by Gasteiger charge is -2.68. The molecule has 3 fully saturated rings. The normalized spacial score (nSPS) is 25.2. The largest absolute Gasteiger partial charge is 0.208 e. The van der Waals surface area contributed by atoms with Crippen LogP contribution in [0.3, 0.4) is 0 Å². The maximum absolute atomic E-state index is 5.30. The van der Waals surface area contributed by atoms with E-state index in [0.29, 0.717) is 28.9 Å². The van der Waals surface area contributed by atoms with Crippen LogP contribution in [0, 0.1) is 17.3 Å². The molecule has 3 saturated carbocycles. The van der Waals surface area contributed by atoms with Crippen LogP contribution in [0.2, 0.25) is 0 Å².